The predicted octanol–water partition coefficient (Wildman–Crippen LogP) is 4.84. The summed E-state index contributed by atoms with van der Waals surface area (Å²) >= 11 is 0. The van der Waals surface area contributed by atoms with E-state index < -0.39 is 16.4 Å². The molecule has 0 saturated heterocycles. The van der Waals surface area contributed by atoms with Gasteiger partial charge in [-0.05, 0) is 72.7 Å². The van der Waals surface area contributed by atoms with Gasteiger partial charge >= 0.3 is 0 Å². The van der Waals surface area contributed by atoms with E-state index in [1.807, 2.05) is 37.3 Å². The summed E-state index contributed by atoms with van der Waals surface area (Å²) in [5, 5.41) is 23.2. The van der Waals surface area contributed by atoms with Crippen LogP contribution in [0.15, 0.2) is 64.0 Å². The highest BCUT2D eigenvalue weighted by atomic mass is 16.6. The summed E-state index contributed by atoms with van der Waals surface area (Å²) in [5.41, 5.74) is 4.36. The average molecular weight is 386 g/mol. The first kappa shape index (κ1) is 18.4. The van der Waals surface area contributed by atoms with Crippen LogP contribution in [0.5, 0.6) is 5.75 Å². The Hall–Kier alpha value is -4.00. The van der Waals surface area contributed by atoms with Crippen LogP contribution in [0.2, 0.25) is 0 Å². The van der Waals surface area contributed by atoms with Crippen LogP contribution in [0.3, 0.4) is 0 Å². The van der Waals surface area contributed by atoms with E-state index in [4.69, 9.17) is 4.42 Å². The molecule has 0 spiro atoms. The summed E-state index contributed by atoms with van der Waals surface area (Å²) < 4.78 is 5.81. The van der Waals surface area contributed by atoms with Crippen LogP contribution in [0, 0.1) is 24.0 Å². The maximum atomic E-state index is 12.2. The third-order valence-corrected chi connectivity index (χ3v) is 4.45. The number of benzene rings is 3. The van der Waals surface area contributed by atoms with E-state index in [0.717, 1.165) is 22.2 Å². The van der Waals surface area contributed by atoms with E-state index in [9.17, 15) is 15.2 Å². The molecule has 1 aromatic heterocycles. The normalized spacial score (nSPS) is 11.4. The number of aromatic nitrogens is 1. The number of nitrogens with zero attached hydrogens (tertiary/aromatic N) is 3. The second kappa shape index (κ2) is 7.20. The maximum Gasteiger partial charge on any atom is 0.262 e. The molecule has 0 atom stereocenters. The lowest BCUT2D eigenvalue weighted by atomic mass is 10.1. The molecule has 7 nitrogen and oxygen atoms in total. The van der Waals surface area contributed by atoms with Crippen molar-refractivity contribution >= 4 is 28.7 Å². The molecule has 4 aromatic rings. The lowest BCUT2D eigenvalue weighted by molar-refractivity contribution is -0.398. The van der Waals surface area contributed by atoms with Crippen LogP contribution in [-0.4, -0.2) is 16.1 Å². The first-order valence-corrected chi connectivity index (χ1v) is 8.88. The van der Waals surface area contributed by atoms with Crippen LogP contribution < -0.4 is 5.11 Å². The van der Waals surface area contributed by atoms with Crippen LogP contribution in [-0.2, 0) is 0 Å². The molecule has 0 unspecified atom stereocenters. The standard InChI is InChI=1S/C22H17N3O4/c1-13-3-8-18-20(11-13)29-22(24-18)15-4-6-17(7-5-15)23-12-16-9-14(2)10-19(21(16)26)25(27)28/h3-12,26H,1-2H3/p-1. The van der Waals surface area contributed by atoms with Crippen molar-refractivity contribution in [2.75, 3.05) is 0 Å². The van der Waals surface area contributed by atoms with Crippen molar-refractivity contribution in [1.82, 2.24) is 4.98 Å². The van der Waals surface area contributed by atoms with Crippen molar-refractivity contribution < 1.29 is 14.4 Å². The van der Waals surface area contributed by atoms with Gasteiger partial charge in [0.1, 0.15) is 5.52 Å². The maximum absolute atomic E-state index is 12.2. The topological polar surface area (TPSA) is 105 Å². The van der Waals surface area contributed by atoms with E-state index in [1.54, 1.807) is 25.1 Å². The monoisotopic (exact) mass is 386 g/mol. The van der Waals surface area contributed by atoms with Crippen LogP contribution >= 0.6 is 0 Å². The van der Waals surface area contributed by atoms with E-state index in [-0.39, 0.29) is 5.56 Å². The van der Waals surface area contributed by atoms with Crippen molar-refractivity contribution in [3.8, 4) is 17.2 Å². The van der Waals surface area contributed by atoms with Gasteiger partial charge in [-0.25, -0.2) is 4.98 Å². The third-order valence-electron chi connectivity index (χ3n) is 4.45. The lowest BCUT2D eigenvalue weighted by Gasteiger charge is -2.11. The van der Waals surface area contributed by atoms with Crippen LogP contribution in [0.1, 0.15) is 16.7 Å². The van der Waals surface area contributed by atoms with Gasteiger partial charge in [-0.1, -0.05) is 12.1 Å². The number of nitro groups is 1. The molecular weight excluding hydrogens is 370 g/mol. The molecule has 4 rings (SSSR count). The minimum Gasteiger partial charge on any atom is -0.867 e. The second-order valence-corrected chi connectivity index (χ2v) is 6.75. The molecule has 0 N–H and O–H groups in total. The third kappa shape index (κ3) is 3.70. The SMILES string of the molecule is Cc1cc(C=Nc2ccc(-c3nc4ccc(C)cc4o3)cc2)c([O-])c([N+](=O)[O-])c1. The zero-order valence-electron chi connectivity index (χ0n) is 15.7. The zero-order chi connectivity index (χ0) is 20.5. The summed E-state index contributed by atoms with van der Waals surface area (Å²) in [5.74, 6) is -0.139. The van der Waals surface area contributed by atoms with Crippen LogP contribution in [0.25, 0.3) is 22.6 Å². The van der Waals surface area contributed by atoms with Crippen molar-refractivity contribution in [3.63, 3.8) is 0 Å². The van der Waals surface area contributed by atoms with Gasteiger partial charge in [-0.2, -0.15) is 0 Å². The number of fused-ring (bicyclic) bond motifs is 1. The number of hydrogen-bond donors (Lipinski definition) is 0. The molecule has 0 aliphatic rings. The number of hydrogen-bond acceptors (Lipinski definition) is 6. The molecule has 0 fully saturated rings. The fourth-order valence-electron chi connectivity index (χ4n) is 3.00. The highest BCUT2D eigenvalue weighted by molar-refractivity contribution is 5.87. The Kier molecular flexibility index (Phi) is 4.56. The van der Waals surface area contributed by atoms with Gasteiger partial charge in [0.15, 0.2) is 5.58 Å². The largest absolute Gasteiger partial charge is 0.867 e. The van der Waals surface area contributed by atoms with Crippen molar-refractivity contribution in [2.45, 2.75) is 13.8 Å². The first-order valence-electron chi connectivity index (χ1n) is 8.88. The molecule has 0 bridgehead atoms. The van der Waals surface area contributed by atoms with Gasteiger partial charge < -0.3 is 9.52 Å². The summed E-state index contributed by atoms with van der Waals surface area (Å²) in [4.78, 5) is 19.1. The van der Waals surface area contributed by atoms with E-state index in [1.165, 1.54) is 12.3 Å². The fourth-order valence-corrected chi connectivity index (χ4v) is 3.00. The fraction of sp³-hybridized carbons (Fsp3) is 0.0909. The van der Waals surface area contributed by atoms with Gasteiger partial charge in [-0.3, -0.25) is 15.1 Å². The highest BCUT2D eigenvalue weighted by Crippen LogP contribution is 2.29. The van der Waals surface area contributed by atoms with Crippen molar-refractivity contribution in [3.05, 3.63) is 81.4 Å². The van der Waals surface area contributed by atoms with Crippen LogP contribution in [0.4, 0.5) is 11.4 Å². The van der Waals surface area contributed by atoms with Gasteiger partial charge in [0.25, 0.3) is 5.69 Å². The summed E-state index contributed by atoms with van der Waals surface area (Å²) in [6.07, 6.45) is 1.35. The molecule has 1 heterocycles. The Bertz CT molecular complexity index is 1260. The quantitative estimate of drug-likeness (QED) is 0.283. The predicted molar refractivity (Wildman–Crippen MR) is 109 cm³/mol. The average Bonchev–Trinajstić information content (AvgIpc) is 3.11. The number of rotatable bonds is 4. The zero-order valence-corrected chi connectivity index (χ0v) is 15.7. The summed E-state index contributed by atoms with van der Waals surface area (Å²) in [6.45, 7) is 3.69. The van der Waals surface area contributed by atoms with Gasteiger partial charge in [0.2, 0.25) is 5.89 Å². The molecular formula is C22H16N3O4-. The molecule has 0 aliphatic heterocycles. The second-order valence-electron chi connectivity index (χ2n) is 6.75. The molecule has 0 aliphatic carbocycles. The molecule has 3 aromatic carbocycles. The highest BCUT2D eigenvalue weighted by Gasteiger charge is 2.11. The number of aryl methyl sites for hydroxylation is 2. The Morgan fingerprint density at radius 2 is 1.79 bits per heavy atom. The summed E-state index contributed by atoms with van der Waals surface area (Å²) in [7, 11) is 0. The Morgan fingerprint density at radius 1 is 1.03 bits per heavy atom. The van der Waals surface area contributed by atoms with E-state index in [2.05, 4.69) is 9.98 Å². The molecule has 0 radical (unpaired) electrons. The smallest absolute Gasteiger partial charge is 0.262 e. The molecule has 29 heavy (non-hydrogen) atoms. The van der Waals surface area contributed by atoms with Gasteiger partial charge in [-0.15, -0.1) is 0 Å². The Balaban J connectivity index is 1.60. The lowest BCUT2D eigenvalue weighted by Crippen LogP contribution is -2.02. The van der Waals surface area contributed by atoms with Crippen molar-refractivity contribution in [1.29, 1.82) is 0 Å². The van der Waals surface area contributed by atoms with E-state index in [0.29, 0.717) is 17.1 Å². The number of aliphatic imine (C=N–C) groups is 1. The summed E-state index contributed by atoms with van der Waals surface area (Å²) in [6, 6.07) is 15.8. The molecule has 0 amide bonds. The Morgan fingerprint density at radius 3 is 2.52 bits per heavy atom. The van der Waals surface area contributed by atoms with Gasteiger partial charge in [0.05, 0.1) is 10.6 Å². The number of oxazole rings is 1. The van der Waals surface area contributed by atoms with Gasteiger partial charge in [0, 0.05) is 17.8 Å². The number of nitro benzene ring substituents is 1. The minimum absolute atomic E-state index is 0.176. The molecule has 7 heteroatoms. The van der Waals surface area contributed by atoms with Crippen molar-refractivity contribution in [2.24, 2.45) is 4.99 Å². The first-order chi connectivity index (χ1) is 13.9. The van der Waals surface area contributed by atoms with E-state index >= 15 is 0 Å². The minimum atomic E-state index is -0.677. The Labute approximate surface area is 166 Å². The molecule has 0 saturated carbocycles. The molecule has 144 valence electrons.